The van der Waals surface area contributed by atoms with E-state index in [0.717, 1.165) is 0 Å². The Kier molecular flexibility index (Phi) is 5.36. The summed E-state index contributed by atoms with van der Waals surface area (Å²) in [5, 5.41) is 14.1. The number of nitrogens with two attached hydrogens (primary N) is 1. The standard InChI is InChI=1S/C7H7NO3.H3NO3S/c1-11-7-4-2-3-6(5-7)8(9)10;1-5(2,3)4/h2-5H,1H3;(H3,1,2,3,4). The first kappa shape index (κ1) is 14.3. The molecule has 0 saturated heterocycles. The van der Waals surface area contributed by atoms with Crippen molar-refractivity contribution in [2.45, 2.75) is 0 Å². The van der Waals surface area contributed by atoms with Crippen LogP contribution in [0.15, 0.2) is 24.3 Å². The first-order valence-corrected chi connectivity index (χ1v) is 5.28. The summed E-state index contributed by atoms with van der Waals surface area (Å²) in [5.41, 5.74) is 0.0457. The minimum Gasteiger partial charge on any atom is -0.497 e. The van der Waals surface area contributed by atoms with Crippen LogP contribution in [-0.4, -0.2) is 25.0 Å². The molecule has 9 heteroatoms. The van der Waals surface area contributed by atoms with Gasteiger partial charge in [0.2, 0.25) is 0 Å². The van der Waals surface area contributed by atoms with Crippen LogP contribution in [0, 0.1) is 10.1 Å². The van der Waals surface area contributed by atoms with Crippen LogP contribution in [0.25, 0.3) is 0 Å². The zero-order valence-electron chi connectivity index (χ0n) is 8.23. The van der Waals surface area contributed by atoms with Gasteiger partial charge in [0.25, 0.3) is 5.69 Å². The smallest absolute Gasteiger partial charge is 0.330 e. The summed E-state index contributed by atoms with van der Waals surface area (Å²) in [5.74, 6) is 0.499. The molecule has 1 aromatic rings. The molecule has 3 N–H and O–H groups in total. The SMILES string of the molecule is COc1cccc([N+](=O)[O-])c1.NS(=O)(=O)O. The Morgan fingerprint density at radius 3 is 2.38 bits per heavy atom. The number of nitro groups is 1. The molecule has 0 aliphatic carbocycles. The Bertz CT molecular complexity index is 450. The second-order valence-corrected chi connectivity index (χ2v) is 3.50. The topological polar surface area (TPSA) is 133 Å². The van der Waals surface area contributed by atoms with Crippen molar-refractivity contribution in [3.8, 4) is 5.75 Å². The third-order valence-corrected chi connectivity index (χ3v) is 1.26. The fourth-order valence-corrected chi connectivity index (χ4v) is 0.724. The molecule has 0 unspecified atom stereocenters. The summed E-state index contributed by atoms with van der Waals surface area (Å²) in [7, 11) is -2.70. The van der Waals surface area contributed by atoms with Crippen molar-refractivity contribution in [2.75, 3.05) is 7.11 Å². The van der Waals surface area contributed by atoms with Gasteiger partial charge >= 0.3 is 10.3 Å². The van der Waals surface area contributed by atoms with Crippen LogP contribution in [0.5, 0.6) is 5.75 Å². The van der Waals surface area contributed by atoms with E-state index in [-0.39, 0.29) is 5.69 Å². The van der Waals surface area contributed by atoms with Gasteiger partial charge in [0.05, 0.1) is 18.1 Å². The number of rotatable bonds is 2. The van der Waals surface area contributed by atoms with Crippen molar-refractivity contribution >= 4 is 16.0 Å². The van der Waals surface area contributed by atoms with E-state index in [1.165, 1.54) is 19.2 Å². The second kappa shape index (κ2) is 6.00. The van der Waals surface area contributed by atoms with E-state index in [4.69, 9.17) is 17.7 Å². The molecular formula is C7H10N2O6S. The van der Waals surface area contributed by atoms with E-state index in [0.29, 0.717) is 5.75 Å². The highest BCUT2D eigenvalue weighted by molar-refractivity contribution is 7.83. The van der Waals surface area contributed by atoms with Gasteiger partial charge in [-0.2, -0.15) is 8.42 Å². The predicted octanol–water partition coefficient (Wildman–Crippen LogP) is 0.351. The molecule has 0 aliphatic heterocycles. The van der Waals surface area contributed by atoms with Crippen molar-refractivity contribution in [3.05, 3.63) is 34.4 Å². The van der Waals surface area contributed by atoms with Gasteiger partial charge in [0, 0.05) is 6.07 Å². The lowest BCUT2D eigenvalue weighted by molar-refractivity contribution is -0.384. The van der Waals surface area contributed by atoms with E-state index in [2.05, 4.69) is 5.14 Å². The van der Waals surface area contributed by atoms with Crippen LogP contribution < -0.4 is 9.88 Å². The van der Waals surface area contributed by atoms with Crippen molar-refractivity contribution < 1.29 is 22.6 Å². The molecule has 0 saturated carbocycles. The van der Waals surface area contributed by atoms with Gasteiger partial charge in [-0.15, -0.1) is 0 Å². The van der Waals surface area contributed by atoms with Crippen LogP contribution in [0.4, 0.5) is 5.69 Å². The molecule has 16 heavy (non-hydrogen) atoms. The quantitative estimate of drug-likeness (QED) is 0.442. The Hall–Kier alpha value is -1.71. The fraction of sp³-hybridized carbons (Fsp3) is 0.143. The molecule has 0 amide bonds. The van der Waals surface area contributed by atoms with Crippen molar-refractivity contribution in [2.24, 2.45) is 5.14 Å². The third kappa shape index (κ3) is 7.67. The molecular weight excluding hydrogens is 240 g/mol. The Morgan fingerprint density at radius 1 is 1.50 bits per heavy atom. The van der Waals surface area contributed by atoms with E-state index < -0.39 is 15.2 Å². The summed E-state index contributed by atoms with van der Waals surface area (Å²) in [6.45, 7) is 0. The lowest BCUT2D eigenvalue weighted by atomic mass is 10.3. The van der Waals surface area contributed by atoms with Crippen LogP contribution >= 0.6 is 0 Å². The lowest BCUT2D eigenvalue weighted by Crippen LogP contribution is -2.08. The van der Waals surface area contributed by atoms with Gasteiger partial charge < -0.3 is 4.74 Å². The van der Waals surface area contributed by atoms with Gasteiger partial charge in [-0.05, 0) is 6.07 Å². The van der Waals surface area contributed by atoms with Crippen molar-refractivity contribution in [3.63, 3.8) is 0 Å². The molecule has 0 radical (unpaired) electrons. The molecule has 1 rings (SSSR count). The molecule has 0 atom stereocenters. The predicted molar refractivity (Wildman–Crippen MR) is 55.4 cm³/mol. The number of non-ortho nitro benzene ring substituents is 1. The zero-order chi connectivity index (χ0) is 12.8. The van der Waals surface area contributed by atoms with Crippen LogP contribution in [0.3, 0.4) is 0 Å². The Morgan fingerprint density at radius 2 is 2.00 bits per heavy atom. The molecule has 0 fully saturated rings. The Balaban J connectivity index is 0.000000385. The number of hydrogen-bond acceptors (Lipinski definition) is 5. The molecule has 8 nitrogen and oxygen atoms in total. The average Bonchev–Trinajstić information content (AvgIpc) is 2.15. The van der Waals surface area contributed by atoms with Crippen LogP contribution in [0.1, 0.15) is 0 Å². The summed E-state index contributed by atoms with van der Waals surface area (Å²) < 4.78 is 30.0. The maximum atomic E-state index is 10.2. The van der Waals surface area contributed by atoms with Gasteiger partial charge in [0.15, 0.2) is 0 Å². The molecule has 90 valence electrons. The lowest BCUT2D eigenvalue weighted by Gasteiger charge is -1.96. The number of benzene rings is 1. The monoisotopic (exact) mass is 250 g/mol. The van der Waals surface area contributed by atoms with Crippen LogP contribution in [-0.2, 0) is 10.3 Å². The normalized spacial score (nSPS) is 9.94. The molecule has 0 aliphatic rings. The summed E-state index contributed by atoms with van der Waals surface area (Å²) in [6.07, 6.45) is 0. The number of nitro benzene ring substituents is 1. The van der Waals surface area contributed by atoms with E-state index in [1.807, 2.05) is 0 Å². The first-order valence-electron chi connectivity index (χ1n) is 3.77. The summed E-state index contributed by atoms with van der Waals surface area (Å²) in [4.78, 5) is 9.76. The highest BCUT2D eigenvalue weighted by Crippen LogP contribution is 2.17. The van der Waals surface area contributed by atoms with Gasteiger partial charge in [-0.25, -0.2) is 5.14 Å². The Labute approximate surface area is 91.7 Å². The number of ether oxygens (including phenoxy) is 1. The molecule has 0 spiro atoms. The molecule has 0 aromatic heterocycles. The maximum Gasteiger partial charge on any atom is 0.330 e. The maximum absolute atomic E-state index is 10.2. The minimum atomic E-state index is -4.17. The van der Waals surface area contributed by atoms with Gasteiger partial charge in [-0.1, -0.05) is 6.07 Å². The largest absolute Gasteiger partial charge is 0.497 e. The minimum absolute atomic E-state index is 0.0457. The zero-order valence-corrected chi connectivity index (χ0v) is 9.05. The second-order valence-electron chi connectivity index (χ2n) is 2.47. The van der Waals surface area contributed by atoms with E-state index in [1.54, 1.807) is 12.1 Å². The van der Waals surface area contributed by atoms with E-state index in [9.17, 15) is 10.1 Å². The third-order valence-electron chi connectivity index (χ3n) is 1.26. The summed E-state index contributed by atoms with van der Waals surface area (Å²) in [6, 6.07) is 6.03. The van der Waals surface area contributed by atoms with Gasteiger partial charge in [-0.3, -0.25) is 14.7 Å². The number of nitrogens with zero attached hydrogens (tertiary/aromatic N) is 1. The molecule has 0 heterocycles. The highest BCUT2D eigenvalue weighted by atomic mass is 32.2. The fourth-order valence-electron chi connectivity index (χ4n) is 0.724. The molecule has 1 aromatic carbocycles. The van der Waals surface area contributed by atoms with Crippen molar-refractivity contribution in [1.82, 2.24) is 0 Å². The first-order chi connectivity index (χ1) is 7.24. The van der Waals surface area contributed by atoms with Crippen molar-refractivity contribution in [1.29, 1.82) is 0 Å². The highest BCUT2D eigenvalue weighted by Gasteiger charge is 2.04. The molecule has 0 bridgehead atoms. The van der Waals surface area contributed by atoms with Crippen LogP contribution in [0.2, 0.25) is 0 Å². The van der Waals surface area contributed by atoms with E-state index >= 15 is 0 Å². The number of hydrogen-bond donors (Lipinski definition) is 2. The van der Waals surface area contributed by atoms with Gasteiger partial charge in [0.1, 0.15) is 5.75 Å². The average molecular weight is 250 g/mol. The summed E-state index contributed by atoms with van der Waals surface area (Å²) >= 11 is 0. The number of methoxy groups -OCH3 is 1.